The molecule has 21 heavy (non-hydrogen) atoms. The van der Waals surface area contributed by atoms with Crippen molar-refractivity contribution in [2.24, 2.45) is 5.73 Å². The third-order valence-corrected chi connectivity index (χ3v) is 3.82. The minimum absolute atomic E-state index is 0.0974. The predicted molar refractivity (Wildman–Crippen MR) is 84.3 cm³/mol. The second kappa shape index (κ2) is 7.19. The van der Waals surface area contributed by atoms with Gasteiger partial charge < -0.3 is 10.5 Å². The van der Waals surface area contributed by atoms with E-state index in [0.29, 0.717) is 19.6 Å². The highest BCUT2D eigenvalue weighted by atomic mass is 79.9. The van der Waals surface area contributed by atoms with Crippen molar-refractivity contribution in [1.29, 1.82) is 0 Å². The van der Waals surface area contributed by atoms with Crippen LogP contribution in [0.2, 0.25) is 0 Å². The Morgan fingerprint density at radius 2 is 1.90 bits per heavy atom. The zero-order valence-corrected chi connectivity index (χ0v) is 12.9. The van der Waals surface area contributed by atoms with E-state index in [9.17, 15) is 10.1 Å². The lowest BCUT2D eigenvalue weighted by molar-refractivity contribution is -0.384. The summed E-state index contributed by atoms with van der Waals surface area (Å²) in [4.78, 5) is 10.2. The topological polar surface area (TPSA) is 78.4 Å². The summed E-state index contributed by atoms with van der Waals surface area (Å²) in [5.41, 5.74) is 7.72. The Balaban J connectivity index is 1.90. The largest absolute Gasteiger partial charge is 0.493 e. The van der Waals surface area contributed by atoms with Crippen molar-refractivity contribution in [3.05, 3.63) is 68.2 Å². The summed E-state index contributed by atoms with van der Waals surface area (Å²) in [6.07, 6.45) is 0.687. The summed E-state index contributed by atoms with van der Waals surface area (Å²) in [6, 6.07) is 12.2. The van der Waals surface area contributed by atoms with Crippen LogP contribution in [0.4, 0.5) is 5.69 Å². The first kappa shape index (κ1) is 15.5. The monoisotopic (exact) mass is 350 g/mol. The molecule has 0 fully saturated rings. The fourth-order valence-electron chi connectivity index (χ4n) is 1.87. The van der Waals surface area contributed by atoms with E-state index in [0.717, 1.165) is 21.3 Å². The van der Waals surface area contributed by atoms with Crippen molar-refractivity contribution in [2.75, 3.05) is 6.61 Å². The van der Waals surface area contributed by atoms with Gasteiger partial charge >= 0.3 is 0 Å². The first-order valence-corrected chi connectivity index (χ1v) is 7.24. The van der Waals surface area contributed by atoms with E-state index in [1.54, 1.807) is 12.1 Å². The van der Waals surface area contributed by atoms with Gasteiger partial charge in [-0.05, 0) is 29.3 Å². The first-order chi connectivity index (χ1) is 10.1. The molecular weight excluding hydrogens is 336 g/mol. The normalized spacial score (nSPS) is 10.4. The minimum atomic E-state index is -0.406. The van der Waals surface area contributed by atoms with E-state index >= 15 is 0 Å². The molecule has 0 aliphatic carbocycles. The van der Waals surface area contributed by atoms with E-state index < -0.39 is 4.92 Å². The molecule has 0 aliphatic rings. The average molecular weight is 351 g/mol. The Bertz CT molecular complexity index is 629. The van der Waals surface area contributed by atoms with Gasteiger partial charge in [-0.25, -0.2) is 0 Å². The molecule has 0 aliphatic heterocycles. The second-order valence-electron chi connectivity index (χ2n) is 4.48. The Labute approximate surface area is 131 Å². The molecule has 0 unspecified atom stereocenters. The molecule has 0 radical (unpaired) electrons. The maximum absolute atomic E-state index is 10.6. The SMILES string of the molecule is NCc1cc(OCCc2ccc([N+](=O)[O-])cc2)ccc1Br. The molecule has 2 aromatic carbocycles. The molecule has 0 amide bonds. The van der Waals surface area contributed by atoms with Gasteiger partial charge in [-0.15, -0.1) is 0 Å². The molecule has 0 atom stereocenters. The summed E-state index contributed by atoms with van der Waals surface area (Å²) in [7, 11) is 0. The standard InChI is InChI=1S/C15H15BrN2O3/c16-15-6-5-14(9-12(15)10-17)21-8-7-11-1-3-13(4-2-11)18(19)20/h1-6,9H,7-8,10,17H2. The molecule has 2 N–H and O–H groups in total. The Morgan fingerprint density at radius 1 is 1.19 bits per heavy atom. The molecule has 2 aromatic rings. The molecular formula is C15H15BrN2O3. The molecule has 0 saturated carbocycles. The molecule has 5 nitrogen and oxygen atoms in total. The van der Waals surface area contributed by atoms with E-state index in [1.165, 1.54) is 12.1 Å². The summed E-state index contributed by atoms with van der Waals surface area (Å²) in [6.45, 7) is 0.948. The number of nitro benzene ring substituents is 1. The summed E-state index contributed by atoms with van der Waals surface area (Å²) >= 11 is 3.42. The van der Waals surface area contributed by atoms with Crippen LogP contribution >= 0.6 is 15.9 Å². The smallest absolute Gasteiger partial charge is 0.269 e. The van der Waals surface area contributed by atoms with E-state index in [-0.39, 0.29) is 5.69 Å². The van der Waals surface area contributed by atoms with E-state index in [2.05, 4.69) is 15.9 Å². The third-order valence-electron chi connectivity index (χ3n) is 3.04. The zero-order valence-electron chi connectivity index (χ0n) is 11.3. The van der Waals surface area contributed by atoms with Crippen LogP contribution in [0, 0.1) is 10.1 Å². The fourth-order valence-corrected chi connectivity index (χ4v) is 2.28. The number of non-ortho nitro benzene ring substituents is 1. The second-order valence-corrected chi connectivity index (χ2v) is 5.33. The lowest BCUT2D eigenvalue weighted by atomic mass is 10.1. The molecule has 2 rings (SSSR count). The maximum atomic E-state index is 10.6. The van der Waals surface area contributed by atoms with Gasteiger partial charge in [0.25, 0.3) is 5.69 Å². The van der Waals surface area contributed by atoms with Gasteiger partial charge in [0, 0.05) is 29.6 Å². The molecule has 0 aromatic heterocycles. The van der Waals surface area contributed by atoms with Crippen LogP contribution in [-0.4, -0.2) is 11.5 Å². The Hall–Kier alpha value is -1.92. The Morgan fingerprint density at radius 3 is 2.52 bits per heavy atom. The molecule has 110 valence electrons. The highest BCUT2D eigenvalue weighted by Gasteiger charge is 2.04. The number of nitro groups is 1. The van der Waals surface area contributed by atoms with Crippen LogP contribution in [0.5, 0.6) is 5.75 Å². The number of rotatable bonds is 6. The quantitative estimate of drug-likeness (QED) is 0.639. The van der Waals surface area contributed by atoms with Crippen molar-refractivity contribution < 1.29 is 9.66 Å². The molecule has 6 heteroatoms. The number of hydrogen-bond acceptors (Lipinski definition) is 4. The van der Waals surface area contributed by atoms with Crippen LogP contribution in [0.15, 0.2) is 46.9 Å². The van der Waals surface area contributed by atoms with Gasteiger partial charge in [0.2, 0.25) is 0 Å². The van der Waals surface area contributed by atoms with Gasteiger partial charge in [-0.1, -0.05) is 28.1 Å². The van der Waals surface area contributed by atoms with E-state index in [1.807, 2.05) is 18.2 Å². The van der Waals surface area contributed by atoms with Gasteiger partial charge in [0.05, 0.1) is 11.5 Å². The highest BCUT2D eigenvalue weighted by Crippen LogP contribution is 2.22. The molecule has 0 spiro atoms. The third kappa shape index (κ3) is 4.27. The van der Waals surface area contributed by atoms with Crippen molar-refractivity contribution in [3.8, 4) is 5.75 Å². The minimum Gasteiger partial charge on any atom is -0.493 e. The van der Waals surface area contributed by atoms with Crippen LogP contribution in [-0.2, 0) is 13.0 Å². The number of hydrogen-bond donors (Lipinski definition) is 1. The van der Waals surface area contributed by atoms with E-state index in [4.69, 9.17) is 10.5 Å². The van der Waals surface area contributed by atoms with Crippen molar-refractivity contribution in [1.82, 2.24) is 0 Å². The average Bonchev–Trinajstić information content (AvgIpc) is 2.49. The van der Waals surface area contributed by atoms with Crippen LogP contribution < -0.4 is 10.5 Å². The lowest BCUT2D eigenvalue weighted by Gasteiger charge is -2.09. The summed E-state index contributed by atoms with van der Waals surface area (Å²) < 4.78 is 6.64. The number of ether oxygens (including phenoxy) is 1. The summed E-state index contributed by atoms with van der Waals surface area (Å²) in [5, 5.41) is 10.6. The highest BCUT2D eigenvalue weighted by molar-refractivity contribution is 9.10. The fraction of sp³-hybridized carbons (Fsp3) is 0.200. The number of halogens is 1. The summed E-state index contributed by atoms with van der Waals surface area (Å²) in [5.74, 6) is 0.764. The molecule has 0 bridgehead atoms. The number of benzene rings is 2. The van der Waals surface area contributed by atoms with Crippen LogP contribution in [0.3, 0.4) is 0 Å². The van der Waals surface area contributed by atoms with Crippen LogP contribution in [0.1, 0.15) is 11.1 Å². The number of nitrogens with zero attached hydrogens (tertiary/aromatic N) is 1. The zero-order chi connectivity index (χ0) is 15.2. The van der Waals surface area contributed by atoms with Crippen molar-refractivity contribution in [2.45, 2.75) is 13.0 Å². The first-order valence-electron chi connectivity index (χ1n) is 6.45. The maximum Gasteiger partial charge on any atom is 0.269 e. The van der Waals surface area contributed by atoms with Crippen molar-refractivity contribution >= 4 is 21.6 Å². The molecule has 0 heterocycles. The predicted octanol–water partition coefficient (Wildman–Crippen LogP) is 3.44. The van der Waals surface area contributed by atoms with Gasteiger partial charge in [0.15, 0.2) is 0 Å². The van der Waals surface area contributed by atoms with Gasteiger partial charge in [-0.2, -0.15) is 0 Å². The van der Waals surface area contributed by atoms with Gasteiger partial charge in [0.1, 0.15) is 5.75 Å². The molecule has 0 saturated heterocycles. The van der Waals surface area contributed by atoms with Crippen LogP contribution in [0.25, 0.3) is 0 Å². The number of nitrogens with two attached hydrogens (primary N) is 1. The van der Waals surface area contributed by atoms with Gasteiger partial charge in [-0.3, -0.25) is 10.1 Å². The van der Waals surface area contributed by atoms with Crippen molar-refractivity contribution in [3.63, 3.8) is 0 Å². The Kier molecular flexibility index (Phi) is 5.30. The lowest BCUT2D eigenvalue weighted by Crippen LogP contribution is -2.03.